The van der Waals surface area contributed by atoms with E-state index in [1.54, 1.807) is 24.3 Å². The zero-order valence-electron chi connectivity index (χ0n) is 8.28. The van der Waals surface area contributed by atoms with Crippen LogP contribution in [0.25, 0.3) is 0 Å². The van der Waals surface area contributed by atoms with Crippen molar-refractivity contribution in [3.05, 3.63) is 48.2 Å². The third kappa shape index (κ3) is 2.41. The summed E-state index contributed by atoms with van der Waals surface area (Å²) in [5.41, 5.74) is 9.53. The molecule has 0 N–H and O–H groups in total. The lowest BCUT2D eigenvalue weighted by Crippen LogP contribution is -2.10. The maximum absolute atomic E-state index is 8.66. The zero-order valence-corrected chi connectivity index (χ0v) is 8.28. The highest BCUT2D eigenvalue weighted by atomic mass is 16.5. The van der Waals surface area contributed by atoms with E-state index in [0.717, 1.165) is 0 Å². The van der Waals surface area contributed by atoms with Crippen LogP contribution in [-0.4, -0.2) is 12.8 Å². The minimum absolute atomic E-state index is 0.401. The summed E-state index contributed by atoms with van der Waals surface area (Å²) in [6, 6.07) is 0. The van der Waals surface area contributed by atoms with Gasteiger partial charge in [-0.1, -0.05) is 0 Å². The standard InChI is InChI=1S/C10H8N4O2/c11-12-10-9(4-2-6-16-10)14-13-8-3-1-5-15-7-8/h1-4,6,10H,5H2. The van der Waals surface area contributed by atoms with E-state index >= 15 is 0 Å². The second kappa shape index (κ2) is 5.01. The largest absolute Gasteiger partial charge is 0.483 e. The van der Waals surface area contributed by atoms with E-state index in [-0.39, 0.29) is 0 Å². The molecule has 2 heterocycles. The maximum atomic E-state index is 8.66. The molecule has 0 saturated carbocycles. The average Bonchev–Trinajstić information content (AvgIpc) is 2.38. The van der Waals surface area contributed by atoms with E-state index in [1.807, 2.05) is 0 Å². The van der Waals surface area contributed by atoms with Crippen LogP contribution in [0.5, 0.6) is 0 Å². The van der Waals surface area contributed by atoms with Crippen LogP contribution in [0.4, 0.5) is 0 Å². The molecule has 6 nitrogen and oxygen atoms in total. The van der Waals surface area contributed by atoms with Gasteiger partial charge in [-0.15, -0.1) is 15.3 Å². The van der Waals surface area contributed by atoms with E-state index in [1.165, 1.54) is 6.26 Å². The Bertz CT molecular complexity index is 421. The highest BCUT2D eigenvalue weighted by Crippen LogP contribution is 2.16. The molecule has 0 aromatic carbocycles. The molecule has 1 atom stereocenters. The molecule has 0 aliphatic carbocycles. The summed E-state index contributed by atoms with van der Waals surface area (Å²) < 4.78 is 9.89. The summed E-state index contributed by atoms with van der Waals surface area (Å²) in [4.78, 5) is 0. The Morgan fingerprint density at radius 3 is 3.12 bits per heavy atom. The smallest absolute Gasteiger partial charge is 0.254 e. The molecule has 0 amide bonds. The van der Waals surface area contributed by atoms with Crippen LogP contribution in [0.15, 0.2) is 57.3 Å². The van der Waals surface area contributed by atoms with E-state index in [2.05, 4.69) is 21.6 Å². The van der Waals surface area contributed by atoms with Gasteiger partial charge in [0.1, 0.15) is 18.0 Å². The summed E-state index contributed by atoms with van der Waals surface area (Å²) in [5.74, 6) is 0. The molecule has 6 heteroatoms. The van der Waals surface area contributed by atoms with Gasteiger partial charge in [0.2, 0.25) is 0 Å². The molecule has 16 heavy (non-hydrogen) atoms. The number of ether oxygens (including phenoxy) is 2. The molecule has 80 valence electrons. The fourth-order valence-electron chi connectivity index (χ4n) is 1.10. The van der Waals surface area contributed by atoms with E-state index < -0.39 is 6.23 Å². The van der Waals surface area contributed by atoms with Crippen molar-refractivity contribution >= 4 is 0 Å². The first-order chi connectivity index (χ1) is 7.90. The van der Waals surface area contributed by atoms with Crippen LogP contribution in [0, 0.1) is 6.26 Å². The number of hydrogen-bond donors (Lipinski definition) is 0. The van der Waals surface area contributed by atoms with Crippen LogP contribution in [0.2, 0.25) is 0 Å². The minimum atomic E-state index is -0.831. The maximum Gasteiger partial charge on any atom is 0.254 e. The number of azo groups is 1. The lowest BCUT2D eigenvalue weighted by atomic mass is 10.3. The monoisotopic (exact) mass is 216 g/mol. The normalized spacial score (nSPS) is 23.4. The SMILES string of the molecule is [N]=NC1OC=CC=C1N=NC1=[C]OCC=C1. The fourth-order valence-corrected chi connectivity index (χ4v) is 1.10. The average molecular weight is 216 g/mol. The van der Waals surface area contributed by atoms with Crippen molar-refractivity contribution in [3.8, 4) is 0 Å². The van der Waals surface area contributed by atoms with Gasteiger partial charge in [0.05, 0.1) is 6.26 Å². The molecule has 0 spiro atoms. The van der Waals surface area contributed by atoms with Crippen LogP contribution in [0.3, 0.4) is 0 Å². The number of nitrogens with zero attached hydrogens (tertiary/aromatic N) is 4. The van der Waals surface area contributed by atoms with E-state index in [0.29, 0.717) is 18.0 Å². The summed E-state index contributed by atoms with van der Waals surface area (Å²) >= 11 is 0. The van der Waals surface area contributed by atoms with Gasteiger partial charge in [-0.3, -0.25) is 0 Å². The molecule has 2 radical (unpaired) electrons. The van der Waals surface area contributed by atoms with Gasteiger partial charge in [-0.2, -0.15) is 0 Å². The van der Waals surface area contributed by atoms with Gasteiger partial charge < -0.3 is 9.47 Å². The Balaban J connectivity index is 2.08. The Labute approximate surface area is 92.2 Å². The first-order valence-electron chi connectivity index (χ1n) is 4.59. The lowest BCUT2D eigenvalue weighted by molar-refractivity contribution is 0.171. The number of allylic oxidation sites excluding steroid dienone is 3. The molecule has 2 rings (SSSR count). The van der Waals surface area contributed by atoms with Crippen LogP contribution < -0.4 is 5.53 Å². The van der Waals surface area contributed by atoms with Gasteiger partial charge >= 0.3 is 0 Å². The molecule has 0 aromatic rings. The first kappa shape index (κ1) is 10.3. The Morgan fingerprint density at radius 1 is 1.44 bits per heavy atom. The predicted molar refractivity (Wildman–Crippen MR) is 53.4 cm³/mol. The third-order valence-corrected chi connectivity index (χ3v) is 1.82. The molecule has 0 saturated heterocycles. The summed E-state index contributed by atoms with van der Waals surface area (Å²) in [5, 5.41) is 10.8. The van der Waals surface area contributed by atoms with Crippen molar-refractivity contribution in [1.29, 1.82) is 0 Å². The molecule has 1 unspecified atom stereocenters. The van der Waals surface area contributed by atoms with Crippen LogP contribution in [0.1, 0.15) is 0 Å². The van der Waals surface area contributed by atoms with Gasteiger partial charge in [-0.25, -0.2) is 0 Å². The quantitative estimate of drug-likeness (QED) is 0.672. The summed E-state index contributed by atoms with van der Waals surface area (Å²) in [6.45, 7) is 0.488. The molecule has 0 aromatic heterocycles. The Morgan fingerprint density at radius 2 is 2.38 bits per heavy atom. The van der Waals surface area contributed by atoms with Crippen molar-refractivity contribution in [2.45, 2.75) is 6.23 Å². The van der Waals surface area contributed by atoms with Gasteiger partial charge in [-0.05, 0) is 29.8 Å². The second-order valence-electron chi connectivity index (χ2n) is 2.92. The van der Waals surface area contributed by atoms with Crippen molar-refractivity contribution in [2.24, 2.45) is 15.3 Å². The number of rotatable bonds is 3. The fraction of sp³-hybridized carbons (Fsp3) is 0.200. The number of hydrogen-bond acceptors (Lipinski definition) is 5. The molecule has 2 aliphatic heterocycles. The molecule has 0 bridgehead atoms. The van der Waals surface area contributed by atoms with Gasteiger partial charge in [0.25, 0.3) is 6.23 Å². The molecule has 0 fully saturated rings. The molecular formula is C10H8N4O2. The molecular weight excluding hydrogens is 208 g/mol. The second-order valence-corrected chi connectivity index (χ2v) is 2.92. The van der Waals surface area contributed by atoms with E-state index in [9.17, 15) is 0 Å². The van der Waals surface area contributed by atoms with Crippen LogP contribution >= 0.6 is 0 Å². The molecule has 2 aliphatic rings. The predicted octanol–water partition coefficient (Wildman–Crippen LogP) is 1.68. The summed E-state index contributed by atoms with van der Waals surface area (Å²) in [6.07, 6.45) is 9.98. The minimum Gasteiger partial charge on any atom is -0.483 e. The van der Waals surface area contributed by atoms with Crippen molar-refractivity contribution < 1.29 is 9.47 Å². The lowest BCUT2D eigenvalue weighted by Gasteiger charge is -2.12. The Kier molecular flexibility index (Phi) is 3.22. The van der Waals surface area contributed by atoms with Crippen molar-refractivity contribution in [1.82, 2.24) is 5.53 Å². The van der Waals surface area contributed by atoms with E-state index in [4.69, 9.17) is 15.0 Å². The highest BCUT2D eigenvalue weighted by Gasteiger charge is 2.15. The van der Waals surface area contributed by atoms with Crippen molar-refractivity contribution in [2.75, 3.05) is 6.61 Å². The van der Waals surface area contributed by atoms with Gasteiger partial charge in [0, 0.05) is 0 Å². The highest BCUT2D eigenvalue weighted by molar-refractivity contribution is 5.19. The first-order valence-corrected chi connectivity index (χ1v) is 4.59. The topological polar surface area (TPSA) is 77.8 Å². The van der Waals surface area contributed by atoms with Crippen LogP contribution in [-0.2, 0) is 9.47 Å². The summed E-state index contributed by atoms with van der Waals surface area (Å²) in [7, 11) is 0. The van der Waals surface area contributed by atoms with Gasteiger partial charge in [0.15, 0.2) is 6.26 Å². The Hall–Kier alpha value is -2.24. The third-order valence-electron chi connectivity index (χ3n) is 1.82. The van der Waals surface area contributed by atoms with Crippen molar-refractivity contribution in [3.63, 3.8) is 0 Å². The zero-order chi connectivity index (χ0) is 11.2.